The number of benzene rings is 1. The zero-order chi connectivity index (χ0) is 13.7. The van der Waals surface area contributed by atoms with Crippen molar-refractivity contribution in [2.45, 2.75) is 0 Å². The van der Waals surface area contributed by atoms with Crippen LogP contribution in [0.15, 0.2) is 24.3 Å². The van der Waals surface area contributed by atoms with Gasteiger partial charge in [-0.3, -0.25) is 4.79 Å². The number of thiocarbonyl (C=S) groups is 1. The van der Waals surface area contributed by atoms with E-state index in [1.54, 1.807) is 36.2 Å². The van der Waals surface area contributed by atoms with E-state index in [0.717, 1.165) is 12.1 Å². The van der Waals surface area contributed by atoms with Gasteiger partial charge in [-0.15, -0.1) is 0 Å². The van der Waals surface area contributed by atoms with Crippen molar-refractivity contribution in [2.75, 3.05) is 34.2 Å². The van der Waals surface area contributed by atoms with Crippen molar-refractivity contribution in [1.82, 2.24) is 9.80 Å². The minimum atomic E-state index is -0.0186. The van der Waals surface area contributed by atoms with Gasteiger partial charge < -0.3 is 15.5 Å². The summed E-state index contributed by atoms with van der Waals surface area (Å²) in [5, 5.41) is 0. The fraction of sp³-hybridized carbons (Fsp3) is 0.385. The Balaban J connectivity index is 2.77. The van der Waals surface area contributed by atoms with Crippen LogP contribution in [-0.4, -0.2) is 54.9 Å². The number of hydrogen-bond acceptors (Lipinski definition) is 3. The molecule has 0 fully saturated rings. The Hall–Kier alpha value is -1.46. The molecule has 98 valence electrons. The Morgan fingerprint density at radius 2 is 1.83 bits per heavy atom. The summed E-state index contributed by atoms with van der Waals surface area (Å²) in [6.07, 6.45) is 0. The van der Waals surface area contributed by atoms with Gasteiger partial charge in [0, 0.05) is 31.3 Å². The van der Waals surface area contributed by atoms with Crippen LogP contribution in [0, 0.1) is 0 Å². The first kappa shape index (κ1) is 14.6. The maximum atomic E-state index is 12.2. The molecule has 0 heterocycles. The van der Waals surface area contributed by atoms with Gasteiger partial charge >= 0.3 is 0 Å². The van der Waals surface area contributed by atoms with E-state index in [1.807, 2.05) is 19.0 Å². The maximum Gasteiger partial charge on any atom is 0.253 e. The molecule has 0 radical (unpaired) electrons. The first-order valence-electron chi connectivity index (χ1n) is 5.72. The van der Waals surface area contributed by atoms with E-state index < -0.39 is 0 Å². The summed E-state index contributed by atoms with van der Waals surface area (Å²) in [6, 6.07) is 7.10. The van der Waals surface area contributed by atoms with Crippen LogP contribution in [0.4, 0.5) is 0 Å². The van der Waals surface area contributed by atoms with Crippen LogP contribution in [0.25, 0.3) is 0 Å². The quantitative estimate of drug-likeness (QED) is 0.806. The first-order chi connectivity index (χ1) is 8.41. The highest BCUT2D eigenvalue weighted by Gasteiger charge is 2.12. The highest BCUT2D eigenvalue weighted by Crippen LogP contribution is 2.08. The largest absolute Gasteiger partial charge is 0.389 e. The van der Waals surface area contributed by atoms with Gasteiger partial charge in [-0.25, -0.2) is 0 Å². The minimum absolute atomic E-state index is 0.0186. The number of likely N-dealkylation sites (N-methyl/N-ethyl adjacent to an activating group) is 2. The molecule has 2 N–H and O–H groups in total. The number of nitrogens with two attached hydrogens (primary N) is 1. The average Bonchev–Trinajstić information content (AvgIpc) is 2.35. The molecule has 0 aliphatic heterocycles. The molecule has 0 aliphatic carbocycles. The average molecular weight is 265 g/mol. The van der Waals surface area contributed by atoms with E-state index in [2.05, 4.69) is 0 Å². The standard InChI is InChI=1S/C13H19N3OS/c1-15(2)7-8-16(3)13(17)11-6-4-5-10(9-11)12(14)18/h4-6,9H,7-8H2,1-3H3,(H2,14,18). The molecule has 0 unspecified atom stereocenters. The number of carbonyl (C=O) groups is 1. The van der Waals surface area contributed by atoms with Gasteiger partial charge in [-0.1, -0.05) is 24.4 Å². The lowest BCUT2D eigenvalue weighted by Crippen LogP contribution is -2.33. The zero-order valence-corrected chi connectivity index (χ0v) is 11.8. The summed E-state index contributed by atoms with van der Waals surface area (Å²) in [7, 11) is 5.75. The molecule has 0 spiro atoms. The van der Waals surface area contributed by atoms with Crippen molar-refractivity contribution < 1.29 is 4.79 Å². The second kappa shape index (κ2) is 6.47. The van der Waals surface area contributed by atoms with E-state index in [4.69, 9.17) is 18.0 Å². The molecule has 0 aliphatic rings. The summed E-state index contributed by atoms with van der Waals surface area (Å²) in [4.78, 5) is 16.2. The molecule has 4 nitrogen and oxygen atoms in total. The van der Waals surface area contributed by atoms with Gasteiger partial charge in [-0.05, 0) is 26.2 Å². The Labute approximate surface area is 113 Å². The molecular weight excluding hydrogens is 246 g/mol. The molecule has 1 aromatic carbocycles. The summed E-state index contributed by atoms with van der Waals surface area (Å²) in [5.74, 6) is -0.0186. The lowest BCUT2D eigenvalue weighted by atomic mass is 10.1. The minimum Gasteiger partial charge on any atom is -0.389 e. The van der Waals surface area contributed by atoms with Gasteiger partial charge in [0.2, 0.25) is 0 Å². The highest BCUT2D eigenvalue weighted by molar-refractivity contribution is 7.80. The van der Waals surface area contributed by atoms with Gasteiger partial charge in [0.25, 0.3) is 5.91 Å². The normalized spacial score (nSPS) is 10.4. The SMILES string of the molecule is CN(C)CCN(C)C(=O)c1cccc(C(N)=S)c1. The van der Waals surface area contributed by atoms with Crippen LogP contribution >= 0.6 is 12.2 Å². The summed E-state index contributed by atoms with van der Waals surface area (Å²) < 4.78 is 0. The van der Waals surface area contributed by atoms with Crippen LogP contribution in [0.5, 0.6) is 0 Å². The van der Waals surface area contributed by atoms with Crippen molar-refractivity contribution in [3.8, 4) is 0 Å². The number of amides is 1. The van der Waals surface area contributed by atoms with Crippen LogP contribution in [0.1, 0.15) is 15.9 Å². The fourth-order valence-corrected chi connectivity index (χ4v) is 1.60. The predicted octanol–water partition coefficient (Wildman–Crippen LogP) is 0.954. The van der Waals surface area contributed by atoms with E-state index >= 15 is 0 Å². The van der Waals surface area contributed by atoms with Gasteiger partial charge in [-0.2, -0.15) is 0 Å². The maximum absolute atomic E-state index is 12.2. The molecule has 5 heteroatoms. The van der Waals surface area contributed by atoms with Crippen molar-refractivity contribution in [2.24, 2.45) is 5.73 Å². The summed E-state index contributed by atoms with van der Waals surface area (Å²) >= 11 is 4.91. The summed E-state index contributed by atoms with van der Waals surface area (Å²) in [5.41, 5.74) is 6.89. The molecule has 0 saturated carbocycles. The van der Waals surface area contributed by atoms with Crippen LogP contribution in [-0.2, 0) is 0 Å². The number of carbonyl (C=O) groups excluding carboxylic acids is 1. The predicted molar refractivity (Wildman–Crippen MR) is 77.8 cm³/mol. The molecule has 1 amide bonds. The lowest BCUT2D eigenvalue weighted by molar-refractivity contribution is 0.0786. The second-order valence-electron chi connectivity index (χ2n) is 4.48. The number of hydrogen-bond donors (Lipinski definition) is 1. The van der Waals surface area contributed by atoms with E-state index in [0.29, 0.717) is 17.1 Å². The third-order valence-corrected chi connectivity index (χ3v) is 2.86. The smallest absolute Gasteiger partial charge is 0.253 e. The Kier molecular flexibility index (Phi) is 5.25. The molecular formula is C13H19N3OS. The Morgan fingerprint density at radius 3 is 2.39 bits per heavy atom. The third kappa shape index (κ3) is 4.09. The molecule has 0 atom stereocenters. The number of rotatable bonds is 5. The number of nitrogens with zero attached hydrogens (tertiary/aromatic N) is 2. The molecule has 0 aromatic heterocycles. The molecule has 1 aromatic rings. The van der Waals surface area contributed by atoms with Gasteiger partial charge in [0.05, 0.1) is 0 Å². The van der Waals surface area contributed by atoms with Crippen LogP contribution < -0.4 is 5.73 Å². The lowest BCUT2D eigenvalue weighted by Gasteiger charge is -2.19. The van der Waals surface area contributed by atoms with Crippen molar-refractivity contribution in [3.63, 3.8) is 0 Å². The van der Waals surface area contributed by atoms with Gasteiger partial charge in [0.15, 0.2) is 0 Å². The summed E-state index contributed by atoms with van der Waals surface area (Å²) in [6.45, 7) is 1.51. The molecule has 18 heavy (non-hydrogen) atoms. The Bertz CT molecular complexity index is 446. The van der Waals surface area contributed by atoms with E-state index in [-0.39, 0.29) is 5.91 Å². The van der Waals surface area contributed by atoms with Crippen molar-refractivity contribution in [3.05, 3.63) is 35.4 Å². The van der Waals surface area contributed by atoms with E-state index in [9.17, 15) is 4.79 Å². The highest BCUT2D eigenvalue weighted by atomic mass is 32.1. The first-order valence-corrected chi connectivity index (χ1v) is 6.12. The monoisotopic (exact) mass is 265 g/mol. The molecule has 0 bridgehead atoms. The molecule has 0 saturated heterocycles. The molecule has 1 rings (SSSR count). The Morgan fingerprint density at radius 1 is 1.22 bits per heavy atom. The third-order valence-electron chi connectivity index (χ3n) is 2.62. The van der Waals surface area contributed by atoms with Crippen LogP contribution in [0.3, 0.4) is 0 Å². The van der Waals surface area contributed by atoms with Crippen LogP contribution in [0.2, 0.25) is 0 Å². The van der Waals surface area contributed by atoms with E-state index in [1.165, 1.54) is 0 Å². The second-order valence-corrected chi connectivity index (χ2v) is 4.91. The topological polar surface area (TPSA) is 49.6 Å². The van der Waals surface area contributed by atoms with Crippen molar-refractivity contribution >= 4 is 23.1 Å². The van der Waals surface area contributed by atoms with Gasteiger partial charge in [0.1, 0.15) is 4.99 Å². The zero-order valence-electron chi connectivity index (χ0n) is 11.0. The van der Waals surface area contributed by atoms with Crippen molar-refractivity contribution in [1.29, 1.82) is 0 Å². The fourth-order valence-electron chi connectivity index (χ4n) is 1.48.